The topological polar surface area (TPSA) is 78.1 Å². The van der Waals surface area contributed by atoms with Gasteiger partial charge in [0.2, 0.25) is 11.8 Å². The van der Waals surface area contributed by atoms with Crippen molar-refractivity contribution in [3.63, 3.8) is 0 Å². The zero-order valence-electron chi connectivity index (χ0n) is 13.9. The molecule has 2 aliphatic heterocycles. The summed E-state index contributed by atoms with van der Waals surface area (Å²) in [6.45, 7) is 0.466. The number of fused-ring (bicyclic) bond motifs is 4. The van der Waals surface area contributed by atoms with E-state index in [4.69, 9.17) is 0 Å². The van der Waals surface area contributed by atoms with E-state index in [2.05, 4.69) is 15.5 Å². The smallest absolute Gasteiger partial charge is 0.243 e. The standard InChI is InChI=1S/C20H16N4O2/c25-17-10-20(15-11-21-23-18(15)22-17)14-8-4-5-9-16(14)24(19(20)26)12-13-6-2-1-3-7-13/h1-9,11H,10,12H2,(H2,21,22,23,25)/t20-/m0/s1. The Morgan fingerprint density at radius 2 is 1.77 bits per heavy atom. The third kappa shape index (κ3) is 1.89. The molecule has 2 N–H and O–H groups in total. The van der Waals surface area contributed by atoms with Crippen LogP contribution in [0.5, 0.6) is 0 Å². The fourth-order valence-electron chi connectivity index (χ4n) is 4.10. The Hall–Kier alpha value is -3.41. The van der Waals surface area contributed by atoms with Crippen molar-refractivity contribution in [1.82, 2.24) is 10.2 Å². The van der Waals surface area contributed by atoms with Gasteiger partial charge in [0.25, 0.3) is 0 Å². The summed E-state index contributed by atoms with van der Waals surface area (Å²) in [6.07, 6.45) is 1.73. The van der Waals surface area contributed by atoms with Gasteiger partial charge in [-0.05, 0) is 17.2 Å². The number of nitrogens with zero attached hydrogens (tertiary/aromatic N) is 2. The average molecular weight is 344 g/mol. The van der Waals surface area contributed by atoms with Crippen molar-refractivity contribution >= 4 is 23.3 Å². The Labute approximate surface area is 149 Å². The molecular weight excluding hydrogens is 328 g/mol. The highest BCUT2D eigenvalue weighted by atomic mass is 16.2. The zero-order valence-corrected chi connectivity index (χ0v) is 13.9. The molecule has 0 radical (unpaired) electrons. The Morgan fingerprint density at radius 3 is 2.62 bits per heavy atom. The summed E-state index contributed by atoms with van der Waals surface area (Å²) >= 11 is 0. The molecule has 1 spiro atoms. The van der Waals surface area contributed by atoms with Gasteiger partial charge in [0.15, 0.2) is 0 Å². The van der Waals surface area contributed by atoms with Gasteiger partial charge in [-0.3, -0.25) is 14.7 Å². The van der Waals surface area contributed by atoms with Gasteiger partial charge in [-0.25, -0.2) is 0 Å². The van der Waals surface area contributed by atoms with Crippen LogP contribution in [0, 0.1) is 0 Å². The highest BCUT2D eigenvalue weighted by Crippen LogP contribution is 2.51. The molecule has 0 aliphatic carbocycles. The number of hydrogen-bond acceptors (Lipinski definition) is 3. The number of carbonyl (C=O) groups excluding carboxylic acids is 2. The van der Waals surface area contributed by atoms with Crippen molar-refractivity contribution in [3.05, 3.63) is 77.5 Å². The van der Waals surface area contributed by atoms with Crippen molar-refractivity contribution in [3.8, 4) is 0 Å². The Kier molecular flexibility index (Phi) is 3.03. The van der Waals surface area contributed by atoms with Crippen LogP contribution in [0.1, 0.15) is 23.1 Å². The van der Waals surface area contributed by atoms with Gasteiger partial charge in [0, 0.05) is 17.7 Å². The molecule has 1 atom stereocenters. The molecule has 26 heavy (non-hydrogen) atoms. The molecule has 6 heteroatoms. The molecule has 6 nitrogen and oxygen atoms in total. The third-order valence-corrected chi connectivity index (χ3v) is 5.24. The van der Waals surface area contributed by atoms with Gasteiger partial charge in [-0.2, -0.15) is 5.10 Å². The summed E-state index contributed by atoms with van der Waals surface area (Å²) in [4.78, 5) is 27.8. The molecule has 128 valence electrons. The number of para-hydroxylation sites is 1. The normalized spacial score (nSPS) is 20.8. The minimum Gasteiger partial charge on any atom is -0.311 e. The maximum Gasteiger partial charge on any atom is 0.243 e. The van der Waals surface area contributed by atoms with Crippen LogP contribution < -0.4 is 10.2 Å². The second kappa shape index (κ2) is 5.29. The lowest BCUT2D eigenvalue weighted by Gasteiger charge is -2.31. The summed E-state index contributed by atoms with van der Waals surface area (Å²) in [5.41, 5.74) is 2.46. The lowest BCUT2D eigenvalue weighted by Crippen LogP contribution is -2.46. The predicted molar refractivity (Wildman–Crippen MR) is 96.7 cm³/mol. The van der Waals surface area contributed by atoms with Crippen LogP contribution >= 0.6 is 0 Å². The van der Waals surface area contributed by atoms with E-state index >= 15 is 0 Å². The third-order valence-electron chi connectivity index (χ3n) is 5.24. The molecule has 0 bridgehead atoms. The first kappa shape index (κ1) is 14.9. The van der Waals surface area contributed by atoms with Crippen LogP contribution in [0.3, 0.4) is 0 Å². The van der Waals surface area contributed by atoms with Crippen molar-refractivity contribution in [2.45, 2.75) is 18.4 Å². The van der Waals surface area contributed by atoms with Crippen molar-refractivity contribution in [1.29, 1.82) is 0 Å². The number of aromatic nitrogens is 2. The Balaban J connectivity index is 1.70. The van der Waals surface area contributed by atoms with Crippen LogP contribution in [0.25, 0.3) is 0 Å². The predicted octanol–water partition coefficient (Wildman–Crippen LogP) is 2.58. The fourth-order valence-corrected chi connectivity index (χ4v) is 4.10. The van der Waals surface area contributed by atoms with Crippen LogP contribution in [0.15, 0.2) is 60.8 Å². The fraction of sp³-hybridized carbons (Fsp3) is 0.150. The van der Waals surface area contributed by atoms with Crippen LogP contribution in [0.4, 0.5) is 11.5 Å². The zero-order chi connectivity index (χ0) is 17.7. The highest BCUT2D eigenvalue weighted by Gasteiger charge is 2.56. The van der Waals surface area contributed by atoms with Gasteiger partial charge < -0.3 is 10.2 Å². The summed E-state index contributed by atoms with van der Waals surface area (Å²) in [5, 5.41) is 9.64. The molecule has 0 fully saturated rings. The number of amides is 2. The molecule has 5 rings (SSSR count). The van der Waals surface area contributed by atoms with E-state index in [0.717, 1.165) is 22.4 Å². The molecule has 1 aromatic heterocycles. The van der Waals surface area contributed by atoms with Crippen LogP contribution in [-0.2, 0) is 21.5 Å². The summed E-state index contributed by atoms with van der Waals surface area (Å²) < 4.78 is 0. The van der Waals surface area contributed by atoms with Crippen molar-refractivity contribution in [2.24, 2.45) is 0 Å². The van der Waals surface area contributed by atoms with E-state index in [1.807, 2.05) is 54.6 Å². The maximum atomic E-state index is 13.7. The lowest BCUT2D eigenvalue weighted by molar-refractivity contribution is -0.126. The van der Waals surface area contributed by atoms with E-state index in [9.17, 15) is 9.59 Å². The molecule has 0 saturated heterocycles. The molecule has 0 saturated carbocycles. The molecule has 0 unspecified atom stereocenters. The lowest BCUT2D eigenvalue weighted by atomic mass is 9.72. The van der Waals surface area contributed by atoms with E-state index in [0.29, 0.717) is 12.4 Å². The van der Waals surface area contributed by atoms with E-state index in [1.165, 1.54) is 0 Å². The SMILES string of the molecule is O=C1C[C@@]2(C(=O)N(Cc3ccccc3)c3ccccc32)c2cn[nH]c2N1. The molecule has 2 aromatic carbocycles. The first-order valence-corrected chi connectivity index (χ1v) is 8.49. The van der Waals surface area contributed by atoms with Gasteiger partial charge >= 0.3 is 0 Å². The summed E-state index contributed by atoms with van der Waals surface area (Å²) in [6, 6.07) is 17.6. The van der Waals surface area contributed by atoms with Crippen LogP contribution in [0.2, 0.25) is 0 Å². The Morgan fingerprint density at radius 1 is 1.00 bits per heavy atom. The number of nitrogens with one attached hydrogen (secondary N) is 2. The monoisotopic (exact) mass is 344 g/mol. The number of rotatable bonds is 2. The highest BCUT2D eigenvalue weighted by molar-refractivity contribution is 6.15. The molecule has 2 aliphatic rings. The average Bonchev–Trinajstić information content (AvgIpc) is 3.21. The van der Waals surface area contributed by atoms with E-state index in [-0.39, 0.29) is 18.2 Å². The largest absolute Gasteiger partial charge is 0.311 e. The van der Waals surface area contributed by atoms with Crippen molar-refractivity contribution < 1.29 is 9.59 Å². The molecule has 2 amide bonds. The maximum absolute atomic E-state index is 13.7. The van der Waals surface area contributed by atoms with Crippen LogP contribution in [-0.4, -0.2) is 22.0 Å². The number of carbonyl (C=O) groups is 2. The minimum absolute atomic E-state index is 0.0833. The molecule has 3 aromatic rings. The van der Waals surface area contributed by atoms with Gasteiger partial charge in [0.1, 0.15) is 11.2 Å². The van der Waals surface area contributed by atoms with Gasteiger partial charge in [-0.1, -0.05) is 48.5 Å². The molecule has 3 heterocycles. The second-order valence-corrected chi connectivity index (χ2v) is 6.68. The number of anilines is 2. The van der Waals surface area contributed by atoms with E-state index in [1.54, 1.807) is 11.1 Å². The van der Waals surface area contributed by atoms with Gasteiger partial charge in [0.05, 0.1) is 12.7 Å². The Bertz CT molecular complexity index is 1030. The van der Waals surface area contributed by atoms with Crippen molar-refractivity contribution in [2.75, 3.05) is 10.2 Å². The van der Waals surface area contributed by atoms with E-state index < -0.39 is 5.41 Å². The number of aromatic amines is 1. The first-order valence-electron chi connectivity index (χ1n) is 8.49. The minimum atomic E-state index is -1.02. The summed E-state index contributed by atoms with van der Waals surface area (Å²) in [7, 11) is 0. The van der Waals surface area contributed by atoms with Gasteiger partial charge in [-0.15, -0.1) is 0 Å². The summed E-state index contributed by atoms with van der Waals surface area (Å²) in [5.74, 6) is 0.234. The second-order valence-electron chi connectivity index (χ2n) is 6.68. The molecular formula is C20H16N4O2. The number of H-pyrrole nitrogens is 1. The first-order chi connectivity index (χ1) is 12.7. The number of benzene rings is 2. The number of hydrogen-bond donors (Lipinski definition) is 2. The quantitative estimate of drug-likeness (QED) is 0.750.